The number of benzene rings is 1. The van der Waals surface area contributed by atoms with E-state index in [0.717, 1.165) is 47.4 Å². The van der Waals surface area contributed by atoms with Crippen molar-refractivity contribution in [2.24, 2.45) is 0 Å². The molecule has 3 rings (SSSR count). The molecule has 1 aliphatic heterocycles. The standard InChI is InChI=1S/C16H18N2O2S/c1-12-6-7-15(20-12)13-4-2-3-5-14(13)17-16(19)18-8-10-21-11-9-18/h2-7H,8-11H2,1H3,(H,17,19). The number of furan rings is 1. The third kappa shape index (κ3) is 3.24. The molecule has 0 aliphatic carbocycles. The van der Waals surface area contributed by atoms with Gasteiger partial charge in [-0.25, -0.2) is 4.79 Å². The Morgan fingerprint density at radius 3 is 2.67 bits per heavy atom. The van der Waals surface area contributed by atoms with Crippen LogP contribution in [-0.2, 0) is 0 Å². The number of nitrogens with zero attached hydrogens (tertiary/aromatic N) is 1. The van der Waals surface area contributed by atoms with Gasteiger partial charge in [-0.3, -0.25) is 0 Å². The molecule has 2 amide bonds. The second kappa shape index (κ2) is 6.26. The maximum absolute atomic E-state index is 12.3. The van der Waals surface area contributed by atoms with Crippen molar-refractivity contribution < 1.29 is 9.21 Å². The SMILES string of the molecule is Cc1ccc(-c2ccccc2NC(=O)N2CCSCC2)o1. The monoisotopic (exact) mass is 302 g/mol. The largest absolute Gasteiger partial charge is 0.461 e. The van der Waals surface area contributed by atoms with Crippen molar-refractivity contribution in [3.63, 3.8) is 0 Å². The van der Waals surface area contributed by atoms with Crippen molar-refractivity contribution in [1.82, 2.24) is 4.90 Å². The number of hydrogen-bond acceptors (Lipinski definition) is 3. The number of amides is 2. The minimum Gasteiger partial charge on any atom is -0.461 e. The summed E-state index contributed by atoms with van der Waals surface area (Å²) in [5, 5.41) is 3.01. The number of thioether (sulfide) groups is 1. The fourth-order valence-electron chi connectivity index (χ4n) is 2.35. The van der Waals surface area contributed by atoms with Crippen LogP contribution in [-0.4, -0.2) is 35.5 Å². The van der Waals surface area contributed by atoms with Gasteiger partial charge in [0.05, 0.1) is 5.69 Å². The van der Waals surface area contributed by atoms with Crippen molar-refractivity contribution in [2.45, 2.75) is 6.92 Å². The Bertz CT molecular complexity index is 633. The maximum Gasteiger partial charge on any atom is 0.321 e. The highest BCUT2D eigenvalue weighted by atomic mass is 32.2. The van der Waals surface area contributed by atoms with E-state index in [1.807, 2.05) is 60.0 Å². The second-order valence-electron chi connectivity index (χ2n) is 4.99. The molecule has 2 aromatic rings. The number of hydrogen-bond donors (Lipinski definition) is 1. The molecular formula is C16H18N2O2S. The molecule has 5 heteroatoms. The molecule has 0 unspecified atom stereocenters. The van der Waals surface area contributed by atoms with Gasteiger partial charge in [0.2, 0.25) is 0 Å². The first-order chi connectivity index (χ1) is 10.2. The molecule has 110 valence electrons. The molecule has 0 spiro atoms. The Kier molecular flexibility index (Phi) is 4.20. The van der Waals surface area contributed by atoms with Crippen molar-refractivity contribution in [1.29, 1.82) is 0 Å². The Balaban J connectivity index is 1.80. The minimum atomic E-state index is -0.0361. The fraction of sp³-hybridized carbons (Fsp3) is 0.312. The van der Waals surface area contributed by atoms with Gasteiger partial charge >= 0.3 is 6.03 Å². The quantitative estimate of drug-likeness (QED) is 0.917. The van der Waals surface area contributed by atoms with Gasteiger partial charge in [0.1, 0.15) is 11.5 Å². The average Bonchev–Trinajstić information content (AvgIpc) is 2.95. The number of aryl methyl sites for hydroxylation is 1. The van der Waals surface area contributed by atoms with E-state index in [2.05, 4.69) is 5.32 Å². The van der Waals surface area contributed by atoms with Crippen LogP contribution >= 0.6 is 11.8 Å². The van der Waals surface area contributed by atoms with Gasteiger partial charge in [-0.15, -0.1) is 0 Å². The molecule has 2 heterocycles. The summed E-state index contributed by atoms with van der Waals surface area (Å²) in [4.78, 5) is 14.2. The van der Waals surface area contributed by atoms with Crippen molar-refractivity contribution in [2.75, 3.05) is 29.9 Å². The second-order valence-corrected chi connectivity index (χ2v) is 6.21. The van der Waals surface area contributed by atoms with E-state index < -0.39 is 0 Å². The van der Waals surface area contributed by atoms with E-state index in [4.69, 9.17) is 4.42 Å². The zero-order valence-corrected chi connectivity index (χ0v) is 12.8. The smallest absolute Gasteiger partial charge is 0.321 e. The Hall–Kier alpha value is -1.88. The number of nitrogens with one attached hydrogen (secondary N) is 1. The fourth-order valence-corrected chi connectivity index (χ4v) is 3.25. The third-order valence-corrected chi connectivity index (χ3v) is 4.42. The summed E-state index contributed by atoms with van der Waals surface area (Å²) < 4.78 is 5.67. The summed E-state index contributed by atoms with van der Waals surface area (Å²) >= 11 is 1.89. The number of carbonyl (C=O) groups is 1. The summed E-state index contributed by atoms with van der Waals surface area (Å²) in [7, 11) is 0. The summed E-state index contributed by atoms with van der Waals surface area (Å²) in [6.45, 7) is 3.52. The number of para-hydroxylation sites is 1. The predicted octanol–water partition coefficient (Wildman–Crippen LogP) is 3.84. The van der Waals surface area contributed by atoms with Crippen LogP contribution < -0.4 is 5.32 Å². The van der Waals surface area contributed by atoms with Crippen LogP contribution in [0.4, 0.5) is 10.5 Å². The van der Waals surface area contributed by atoms with Crippen LogP contribution in [0.3, 0.4) is 0 Å². The average molecular weight is 302 g/mol. The molecule has 1 aromatic carbocycles. The van der Waals surface area contributed by atoms with E-state index in [1.54, 1.807) is 0 Å². The zero-order chi connectivity index (χ0) is 14.7. The van der Waals surface area contributed by atoms with Crippen LogP contribution in [0.5, 0.6) is 0 Å². The first kappa shape index (κ1) is 14.1. The molecule has 4 nitrogen and oxygen atoms in total. The van der Waals surface area contributed by atoms with E-state index in [-0.39, 0.29) is 6.03 Å². The molecule has 0 atom stereocenters. The predicted molar refractivity (Wildman–Crippen MR) is 86.8 cm³/mol. The first-order valence-corrected chi connectivity index (χ1v) is 8.19. The molecule has 0 bridgehead atoms. The number of carbonyl (C=O) groups excluding carboxylic acids is 1. The van der Waals surface area contributed by atoms with Gasteiger partial charge in [-0.05, 0) is 31.2 Å². The molecule has 1 aromatic heterocycles. The molecule has 0 saturated carbocycles. The summed E-state index contributed by atoms with van der Waals surface area (Å²) in [5.74, 6) is 3.65. The normalized spacial score (nSPS) is 15.0. The lowest BCUT2D eigenvalue weighted by Crippen LogP contribution is -2.40. The maximum atomic E-state index is 12.3. The highest BCUT2D eigenvalue weighted by Crippen LogP contribution is 2.29. The lowest BCUT2D eigenvalue weighted by Gasteiger charge is -2.26. The van der Waals surface area contributed by atoms with Gasteiger partial charge < -0.3 is 14.6 Å². The van der Waals surface area contributed by atoms with Crippen molar-refractivity contribution in [3.05, 3.63) is 42.2 Å². The Labute approximate surface area is 128 Å². The molecular weight excluding hydrogens is 284 g/mol. The van der Waals surface area contributed by atoms with Crippen molar-refractivity contribution >= 4 is 23.5 Å². The number of urea groups is 1. The minimum absolute atomic E-state index is 0.0361. The number of anilines is 1. The van der Waals surface area contributed by atoms with Crippen LogP contribution in [0.2, 0.25) is 0 Å². The summed E-state index contributed by atoms with van der Waals surface area (Å²) in [5.41, 5.74) is 1.69. The molecule has 0 radical (unpaired) electrons. The summed E-state index contributed by atoms with van der Waals surface area (Å²) in [6.07, 6.45) is 0. The van der Waals surface area contributed by atoms with E-state index >= 15 is 0 Å². The lowest BCUT2D eigenvalue weighted by atomic mass is 10.1. The van der Waals surface area contributed by atoms with Gasteiger partial charge in [-0.1, -0.05) is 12.1 Å². The van der Waals surface area contributed by atoms with E-state index in [1.165, 1.54) is 0 Å². The first-order valence-electron chi connectivity index (χ1n) is 7.03. The van der Waals surface area contributed by atoms with Crippen molar-refractivity contribution in [3.8, 4) is 11.3 Å². The van der Waals surface area contributed by atoms with Gasteiger partial charge in [0.25, 0.3) is 0 Å². The lowest BCUT2D eigenvalue weighted by molar-refractivity contribution is 0.217. The van der Waals surface area contributed by atoms with Gasteiger partial charge in [-0.2, -0.15) is 11.8 Å². The molecule has 1 saturated heterocycles. The Morgan fingerprint density at radius 2 is 1.95 bits per heavy atom. The van der Waals surface area contributed by atoms with Crippen LogP contribution in [0.1, 0.15) is 5.76 Å². The van der Waals surface area contributed by atoms with E-state index in [0.29, 0.717) is 0 Å². The van der Waals surface area contributed by atoms with E-state index in [9.17, 15) is 4.79 Å². The van der Waals surface area contributed by atoms with Crippen LogP contribution in [0.25, 0.3) is 11.3 Å². The zero-order valence-electron chi connectivity index (χ0n) is 12.0. The summed E-state index contributed by atoms with van der Waals surface area (Å²) in [6, 6.07) is 11.5. The van der Waals surface area contributed by atoms with Gasteiger partial charge in [0, 0.05) is 30.2 Å². The molecule has 1 N–H and O–H groups in total. The van der Waals surface area contributed by atoms with Crippen LogP contribution in [0.15, 0.2) is 40.8 Å². The van der Waals surface area contributed by atoms with Gasteiger partial charge in [0.15, 0.2) is 0 Å². The highest BCUT2D eigenvalue weighted by molar-refractivity contribution is 7.99. The highest BCUT2D eigenvalue weighted by Gasteiger charge is 2.18. The van der Waals surface area contributed by atoms with Crippen LogP contribution in [0, 0.1) is 6.92 Å². The molecule has 1 fully saturated rings. The third-order valence-electron chi connectivity index (χ3n) is 3.47. The molecule has 1 aliphatic rings. The Morgan fingerprint density at radius 1 is 1.19 bits per heavy atom. The molecule has 21 heavy (non-hydrogen) atoms. The topological polar surface area (TPSA) is 45.5 Å². The number of rotatable bonds is 2.